The van der Waals surface area contributed by atoms with Crippen molar-refractivity contribution in [2.24, 2.45) is 0 Å². The van der Waals surface area contributed by atoms with Gasteiger partial charge >= 0.3 is 0 Å². The first-order valence-corrected chi connectivity index (χ1v) is 4.32. The minimum atomic E-state index is -0.441. The van der Waals surface area contributed by atoms with Crippen molar-refractivity contribution in [2.75, 3.05) is 0 Å². The average molecular weight is 204 g/mol. The van der Waals surface area contributed by atoms with Gasteiger partial charge in [0.05, 0.1) is 22.2 Å². The molecule has 5 heteroatoms. The molecule has 0 aliphatic rings. The lowest BCUT2D eigenvalue weighted by Crippen LogP contribution is -1.93. The molecule has 1 aromatic carbocycles. The maximum atomic E-state index is 10.7. The van der Waals surface area contributed by atoms with Crippen LogP contribution >= 0.6 is 0 Å². The Balaban J connectivity index is 2.80. The Bertz CT molecular complexity index is 552. The quantitative estimate of drug-likeness (QED) is 0.570. The molecule has 76 valence electrons. The van der Waals surface area contributed by atoms with E-state index >= 15 is 0 Å². The van der Waals surface area contributed by atoms with Gasteiger partial charge in [-0.25, -0.2) is 0 Å². The molecular weight excluding hydrogens is 196 g/mol. The minimum absolute atomic E-state index is 0.0423. The largest absolute Gasteiger partial charge is 0.506 e. The molecular formula is C10H8N2O3. The summed E-state index contributed by atoms with van der Waals surface area (Å²) in [4.78, 5) is 14.2. The number of fused-ring (bicyclic) bond motifs is 1. The van der Waals surface area contributed by atoms with Crippen LogP contribution in [0, 0.1) is 17.0 Å². The molecule has 2 aromatic rings. The molecule has 0 saturated carbocycles. The molecule has 0 aliphatic heterocycles. The van der Waals surface area contributed by atoms with Gasteiger partial charge in [0, 0.05) is 11.5 Å². The van der Waals surface area contributed by atoms with Gasteiger partial charge in [0.25, 0.3) is 5.69 Å². The summed E-state index contributed by atoms with van der Waals surface area (Å²) in [5.74, 6) is 0.0516. The van der Waals surface area contributed by atoms with Crippen LogP contribution in [-0.4, -0.2) is 15.0 Å². The van der Waals surface area contributed by atoms with E-state index in [1.807, 2.05) is 0 Å². The Kier molecular flexibility index (Phi) is 2.00. The normalized spacial score (nSPS) is 10.5. The van der Waals surface area contributed by atoms with Crippen molar-refractivity contribution >= 4 is 16.6 Å². The fourth-order valence-electron chi connectivity index (χ4n) is 1.52. The lowest BCUT2D eigenvalue weighted by atomic mass is 10.1. The first-order valence-electron chi connectivity index (χ1n) is 4.32. The van der Waals surface area contributed by atoms with Gasteiger partial charge in [-0.05, 0) is 19.1 Å². The summed E-state index contributed by atoms with van der Waals surface area (Å²) in [6.45, 7) is 1.64. The molecule has 5 nitrogen and oxygen atoms in total. The maximum absolute atomic E-state index is 10.7. The predicted molar refractivity (Wildman–Crippen MR) is 54.8 cm³/mol. The summed E-state index contributed by atoms with van der Waals surface area (Å²) in [6.07, 6.45) is 1.28. The average Bonchev–Trinajstić information content (AvgIpc) is 2.17. The van der Waals surface area contributed by atoms with Crippen LogP contribution < -0.4 is 0 Å². The van der Waals surface area contributed by atoms with Crippen LogP contribution in [0.15, 0.2) is 24.4 Å². The highest BCUT2D eigenvalue weighted by Gasteiger charge is 2.13. The van der Waals surface area contributed by atoms with E-state index in [0.717, 1.165) is 0 Å². The molecule has 1 N–H and O–H groups in total. The molecule has 15 heavy (non-hydrogen) atoms. The van der Waals surface area contributed by atoms with Crippen LogP contribution in [0.5, 0.6) is 5.75 Å². The van der Waals surface area contributed by atoms with Crippen LogP contribution in [0.25, 0.3) is 10.9 Å². The van der Waals surface area contributed by atoms with Crippen LogP contribution in [0.4, 0.5) is 5.69 Å². The van der Waals surface area contributed by atoms with Crippen molar-refractivity contribution < 1.29 is 10.0 Å². The number of hydrogen-bond donors (Lipinski definition) is 1. The van der Waals surface area contributed by atoms with Crippen molar-refractivity contribution in [1.29, 1.82) is 0 Å². The Morgan fingerprint density at radius 3 is 2.87 bits per heavy atom. The Labute approximate surface area is 85.1 Å². The van der Waals surface area contributed by atoms with Crippen molar-refractivity contribution in [1.82, 2.24) is 4.98 Å². The van der Waals surface area contributed by atoms with Gasteiger partial charge in [0.1, 0.15) is 5.75 Å². The number of nitro groups is 1. The van der Waals surface area contributed by atoms with Gasteiger partial charge in [-0.2, -0.15) is 0 Å². The number of hydrogen-bond acceptors (Lipinski definition) is 4. The number of aromatic hydroxyl groups is 1. The summed E-state index contributed by atoms with van der Waals surface area (Å²) < 4.78 is 0. The predicted octanol–water partition coefficient (Wildman–Crippen LogP) is 2.16. The third-order valence-corrected chi connectivity index (χ3v) is 2.26. The lowest BCUT2D eigenvalue weighted by Gasteiger charge is -2.02. The van der Waals surface area contributed by atoms with E-state index in [1.165, 1.54) is 18.3 Å². The zero-order valence-electron chi connectivity index (χ0n) is 7.97. The number of benzene rings is 1. The number of aromatic nitrogens is 1. The second-order valence-corrected chi connectivity index (χ2v) is 3.23. The van der Waals surface area contributed by atoms with E-state index in [2.05, 4.69) is 4.98 Å². The highest BCUT2D eigenvalue weighted by Crippen LogP contribution is 2.27. The smallest absolute Gasteiger partial charge is 0.274 e. The van der Waals surface area contributed by atoms with Crippen LogP contribution in [0.2, 0.25) is 0 Å². The molecule has 0 unspecified atom stereocenters. The molecule has 0 fully saturated rings. The lowest BCUT2D eigenvalue weighted by molar-refractivity contribution is -0.385. The molecule has 0 spiro atoms. The summed E-state index contributed by atoms with van der Waals surface area (Å²) in [6, 6.07) is 4.52. The first-order chi connectivity index (χ1) is 7.09. The number of nitrogens with zero attached hydrogens (tertiary/aromatic N) is 2. The van der Waals surface area contributed by atoms with E-state index in [4.69, 9.17) is 0 Å². The van der Waals surface area contributed by atoms with Crippen LogP contribution in [0.1, 0.15) is 5.56 Å². The minimum Gasteiger partial charge on any atom is -0.506 e. The number of aryl methyl sites for hydroxylation is 1. The van der Waals surface area contributed by atoms with Gasteiger partial charge < -0.3 is 5.11 Å². The first kappa shape index (κ1) is 9.39. The van der Waals surface area contributed by atoms with Crippen LogP contribution in [0.3, 0.4) is 0 Å². The summed E-state index contributed by atoms with van der Waals surface area (Å²) in [5.41, 5.74) is 1.10. The zero-order chi connectivity index (χ0) is 11.0. The second-order valence-electron chi connectivity index (χ2n) is 3.23. The van der Waals surface area contributed by atoms with Gasteiger partial charge in [-0.15, -0.1) is 0 Å². The third kappa shape index (κ3) is 1.48. The van der Waals surface area contributed by atoms with E-state index < -0.39 is 4.92 Å². The molecule has 0 radical (unpaired) electrons. The second kappa shape index (κ2) is 3.20. The highest BCUT2D eigenvalue weighted by atomic mass is 16.6. The van der Waals surface area contributed by atoms with Gasteiger partial charge in [-0.3, -0.25) is 15.1 Å². The van der Waals surface area contributed by atoms with Crippen molar-refractivity contribution in [3.63, 3.8) is 0 Å². The fourth-order valence-corrected chi connectivity index (χ4v) is 1.52. The monoisotopic (exact) mass is 204 g/mol. The third-order valence-electron chi connectivity index (χ3n) is 2.26. The van der Waals surface area contributed by atoms with Gasteiger partial charge in [0.2, 0.25) is 0 Å². The molecule has 2 rings (SSSR count). The Hall–Kier alpha value is -2.17. The Morgan fingerprint density at radius 2 is 2.20 bits per heavy atom. The maximum Gasteiger partial charge on any atom is 0.274 e. The van der Waals surface area contributed by atoms with Gasteiger partial charge in [-0.1, -0.05) is 0 Å². The topological polar surface area (TPSA) is 76.3 Å². The van der Waals surface area contributed by atoms with E-state index in [9.17, 15) is 15.2 Å². The van der Waals surface area contributed by atoms with Crippen molar-refractivity contribution in [3.05, 3.63) is 40.1 Å². The van der Waals surface area contributed by atoms with Crippen LogP contribution in [-0.2, 0) is 0 Å². The fraction of sp³-hybridized carbons (Fsp3) is 0.100. The molecule has 1 aromatic heterocycles. The summed E-state index contributed by atoms with van der Waals surface area (Å²) in [7, 11) is 0. The SMILES string of the molecule is Cc1c([N+](=O)[O-])ccc2cc(O)cnc12. The summed E-state index contributed by atoms with van der Waals surface area (Å²) in [5, 5.41) is 20.6. The number of rotatable bonds is 1. The standard InChI is InChI=1S/C10H8N2O3/c1-6-9(12(14)15)3-2-7-4-8(13)5-11-10(6)7/h2-5,13H,1H3. The summed E-state index contributed by atoms with van der Waals surface area (Å²) >= 11 is 0. The van der Waals surface area contributed by atoms with E-state index in [0.29, 0.717) is 16.5 Å². The number of pyridine rings is 1. The van der Waals surface area contributed by atoms with E-state index in [-0.39, 0.29) is 11.4 Å². The van der Waals surface area contributed by atoms with Crippen molar-refractivity contribution in [2.45, 2.75) is 6.92 Å². The van der Waals surface area contributed by atoms with Gasteiger partial charge in [0.15, 0.2) is 0 Å². The van der Waals surface area contributed by atoms with E-state index in [1.54, 1.807) is 13.0 Å². The number of nitro benzene ring substituents is 1. The molecule has 0 atom stereocenters. The molecule has 0 amide bonds. The molecule has 1 heterocycles. The molecule has 0 bridgehead atoms. The molecule has 0 aliphatic carbocycles. The zero-order valence-corrected chi connectivity index (χ0v) is 7.97. The highest BCUT2D eigenvalue weighted by molar-refractivity contribution is 5.85. The van der Waals surface area contributed by atoms with Crippen molar-refractivity contribution in [3.8, 4) is 5.75 Å². The molecule has 0 saturated heterocycles. The Morgan fingerprint density at radius 1 is 1.47 bits per heavy atom.